The van der Waals surface area contributed by atoms with E-state index in [1.807, 2.05) is 18.2 Å². The Morgan fingerprint density at radius 2 is 1.79 bits per heavy atom. The molecular weight excluding hydrogens is 446 g/mol. The van der Waals surface area contributed by atoms with Gasteiger partial charge in [0, 0.05) is 27.4 Å². The molecule has 2 aromatic carbocycles. The predicted octanol–water partition coefficient (Wildman–Crippen LogP) is 4.94. The molecule has 0 saturated heterocycles. The van der Waals surface area contributed by atoms with Crippen LogP contribution in [0.1, 0.15) is 25.0 Å². The van der Waals surface area contributed by atoms with Crippen LogP contribution >= 0.6 is 11.6 Å². The molecule has 4 rings (SSSR count). The first-order valence-corrected chi connectivity index (χ1v) is 10.8. The van der Waals surface area contributed by atoms with Crippen LogP contribution in [0.2, 0.25) is 5.02 Å². The Morgan fingerprint density at radius 3 is 2.42 bits per heavy atom. The number of rotatable bonds is 6. The number of nitrogens with one attached hydrogen (secondary N) is 1. The van der Waals surface area contributed by atoms with E-state index in [1.54, 1.807) is 45.2 Å². The Hall–Kier alpha value is -3.58. The normalized spacial score (nSPS) is 12.4. The summed E-state index contributed by atoms with van der Waals surface area (Å²) in [5.74, 6) is -1.99. The SMILES string of the molecule is Cc1c(CC(=O)N[C@H](C(=O)O)C(C)C)c(=O)oc2cc3occ(-c4ccc(Cl)cc4)c3cc12. The largest absolute Gasteiger partial charge is 0.480 e. The van der Waals surface area contributed by atoms with Gasteiger partial charge >= 0.3 is 11.6 Å². The highest BCUT2D eigenvalue weighted by atomic mass is 35.5. The minimum atomic E-state index is -1.13. The van der Waals surface area contributed by atoms with E-state index in [0.29, 0.717) is 27.1 Å². The van der Waals surface area contributed by atoms with Gasteiger partial charge in [0.15, 0.2) is 0 Å². The van der Waals surface area contributed by atoms with Gasteiger partial charge in [-0.3, -0.25) is 4.79 Å². The Labute approximate surface area is 194 Å². The van der Waals surface area contributed by atoms with Gasteiger partial charge in [-0.25, -0.2) is 9.59 Å². The zero-order valence-corrected chi connectivity index (χ0v) is 19.0. The summed E-state index contributed by atoms with van der Waals surface area (Å²) in [6, 6.07) is 9.83. The number of carbonyl (C=O) groups is 2. The molecule has 33 heavy (non-hydrogen) atoms. The lowest BCUT2D eigenvalue weighted by molar-refractivity contribution is -0.143. The van der Waals surface area contributed by atoms with Crippen molar-refractivity contribution in [2.24, 2.45) is 5.92 Å². The minimum absolute atomic E-state index is 0.184. The van der Waals surface area contributed by atoms with Crippen molar-refractivity contribution < 1.29 is 23.5 Å². The molecule has 4 aromatic rings. The van der Waals surface area contributed by atoms with Gasteiger partial charge in [-0.1, -0.05) is 37.6 Å². The second-order valence-electron chi connectivity index (χ2n) is 8.30. The number of aliphatic carboxylic acids is 1. The average molecular weight is 468 g/mol. The van der Waals surface area contributed by atoms with Crippen LogP contribution in [-0.2, 0) is 16.0 Å². The summed E-state index contributed by atoms with van der Waals surface area (Å²) in [7, 11) is 0. The maximum atomic E-state index is 12.6. The first-order valence-electron chi connectivity index (χ1n) is 10.4. The van der Waals surface area contributed by atoms with Crippen molar-refractivity contribution in [2.45, 2.75) is 33.2 Å². The summed E-state index contributed by atoms with van der Waals surface area (Å²) in [6.07, 6.45) is 1.35. The molecule has 0 saturated carbocycles. The van der Waals surface area contributed by atoms with Crippen LogP contribution in [0, 0.1) is 12.8 Å². The fourth-order valence-electron chi connectivity index (χ4n) is 3.87. The number of fused-ring (bicyclic) bond motifs is 2. The van der Waals surface area contributed by atoms with E-state index >= 15 is 0 Å². The highest BCUT2D eigenvalue weighted by Gasteiger charge is 2.25. The van der Waals surface area contributed by atoms with E-state index < -0.39 is 23.5 Å². The van der Waals surface area contributed by atoms with Crippen LogP contribution in [0.15, 0.2) is 56.3 Å². The van der Waals surface area contributed by atoms with Crippen LogP contribution in [0.3, 0.4) is 0 Å². The van der Waals surface area contributed by atoms with E-state index in [-0.39, 0.29) is 17.9 Å². The maximum Gasteiger partial charge on any atom is 0.340 e. The number of carbonyl (C=O) groups excluding carboxylic acids is 1. The summed E-state index contributed by atoms with van der Waals surface area (Å²) in [6.45, 7) is 5.14. The monoisotopic (exact) mass is 467 g/mol. The molecule has 7 nitrogen and oxygen atoms in total. The van der Waals surface area contributed by atoms with Gasteiger partial charge in [-0.15, -0.1) is 0 Å². The standard InChI is InChI=1S/C25H22ClNO6/c1-12(2)23(24(29)30)27-22(28)9-17-13(3)16-8-18-19(14-4-6-15(26)7-5-14)11-32-20(18)10-21(16)33-25(17)31/h4-8,10-12,23H,9H2,1-3H3,(H,27,28)(H,29,30)/t23-/m0/s1. The van der Waals surface area contributed by atoms with Crippen LogP contribution in [-0.4, -0.2) is 23.0 Å². The number of carboxylic acids is 1. The summed E-state index contributed by atoms with van der Waals surface area (Å²) >= 11 is 6.00. The Balaban J connectivity index is 1.76. The third-order valence-electron chi connectivity index (χ3n) is 5.72. The van der Waals surface area contributed by atoms with E-state index in [4.69, 9.17) is 20.4 Å². The smallest absolute Gasteiger partial charge is 0.340 e. The van der Waals surface area contributed by atoms with Crippen LogP contribution in [0.25, 0.3) is 33.1 Å². The topological polar surface area (TPSA) is 110 Å². The molecule has 0 aliphatic heterocycles. The van der Waals surface area contributed by atoms with Gasteiger partial charge in [-0.05, 0) is 42.2 Å². The van der Waals surface area contributed by atoms with Crippen LogP contribution in [0.5, 0.6) is 0 Å². The van der Waals surface area contributed by atoms with E-state index in [0.717, 1.165) is 16.5 Å². The molecule has 0 aliphatic carbocycles. The Morgan fingerprint density at radius 1 is 1.09 bits per heavy atom. The molecule has 0 spiro atoms. The van der Waals surface area contributed by atoms with Gasteiger partial charge in [0.2, 0.25) is 5.91 Å². The molecule has 0 unspecified atom stereocenters. The zero-order valence-electron chi connectivity index (χ0n) is 18.3. The number of carboxylic acid groups (broad SMARTS) is 1. The predicted molar refractivity (Wildman–Crippen MR) is 126 cm³/mol. The minimum Gasteiger partial charge on any atom is -0.480 e. The summed E-state index contributed by atoms with van der Waals surface area (Å²) in [5.41, 5.74) is 2.81. The van der Waals surface area contributed by atoms with Gasteiger partial charge in [0.1, 0.15) is 17.2 Å². The highest BCUT2D eigenvalue weighted by Crippen LogP contribution is 2.35. The molecule has 0 bridgehead atoms. The van der Waals surface area contributed by atoms with Crippen molar-refractivity contribution in [1.29, 1.82) is 0 Å². The molecule has 0 radical (unpaired) electrons. The number of benzene rings is 2. The lowest BCUT2D eigenvalue weighted by Crippen LogP contribution is -2.45. The summed E-state index contributed by atoms with van der Waals surface area (Å²) in [5, 5.41) is 13.9. The summed E-state index contributed by atoms with van der Waals surface area (Å²) < 4.78 is 11.2. The van der Waals surface area contributed by atoms with E-state index in [9.17, 15) is 19.5 Å². The number of hydrogen-bond acceptors (Lipinski definition) is 5. The van der Waals surface area contributed by atoms with Crippen LogP contribution in [0.4, 0.5) is 0 Å². The number of halogens is 1. The molecule has 170 valence electrons. The van der Waals surface area contributed by atoms with Crippen LogP contribution < -0.4 is 10.9 Å². The van der Waals surface area contributed by atoms with Crippen molar-refractivity contribution >= 4 is 45.4 Å². The van der Waals surface area contributed by atoms with Gasteiger partial charge < -0.3 is 19.3 Å². The van der Waals surface area contributed by atoms with E-state index in [2.05, 4.69) is 5.32 Å². The molecule has 2 N–H and O–H groups in total. The molecule has 2 heterocycles. The zero-order chi connectivity index (χ0) is 23.9. The maximum absolute atomic E-state index is 12.6. The lowest BCUT2D eigenvalue weighted by Gasteiger charge is -2.18. The molecule has 0 fully saturated rings. The average Bonchev–Trinajstić information content (AvgIpc) is 3.16. The lowest BCUT2D eigenvalue weighted by atomic mass is 9.99. The second kappa shape index (κ2) is 8.75. The molecule has 1 amide bonds. The van der Waals surface area contributed by atoms with Crippen molar-refractivity contribution in [2.75, 3.05) is 0 Å². The number of hydrogen-bond donors (Lipinski definition) is 2. The first kappa shape index (κ1) is 22.6. The molecule has 1 atom stereocenters. The van der Waals surface area contributed by atoms with E-state index in [1.165, 1.54) is 0 Å². The van der Waals surface area contributed by atoms with Gasteiger partial charge in [0.05, 0.1) is 18.2 Å². The fraction of sp³-hybridized carbons (Fsp3) is 0.240. The second-order valence-corrected chi connectivity index (χ2v) is 8.73. The van der Waals surface area contributed by atoms with Crippen molar-refractivity contribution in [3.63, 3.8) is 0 Å². The highest BCUT2D eigenvalue weighted by molar-refractivity contribution is 6.30. The van der Waals surface area contributed by atoms with Crippen molar-refractivity contribution in [3.8, 4) is 11.1 Å². The fourth-order valence-corrected chi connectivity index (χ4v) is 3.99. The molecule has 0 aliphatic rings. The quantitative estimate of drug-likeness (QED) is 0.389. The number of furan rings is 1. The van der Waals surface area contributed by atoms with Gasteiger partial charge in [-0.2, -0.15) is 0 Å². The third-order valence-corrected chi connectivity index (χ3v) is 5.98. The van der Waals surface area contributed by atoms with Crippen molar-refractivity contribution in [3.05, 3.63) is 69.2 Å². The number of aryl methyl sites for hydroxylation is 1. The third kappa shape index (κ3) is 4.36. The molecular formula is C25H22ClNO6. The Bertz CT molecular complexity index is 1430. The molecule has 8 heteroatoms. The first-order chi connectivity index (χ1) is 15.7. The molecule has 2 aromatic heterocycles. The Kier molecular flexibility index (Phi) is 5.99. The number of amides is 1. The van der Waals surface area contributed by atoms with Crippen molar-refractivity contribution in [1.82, 2.24) is 5.32 Å². The van der Waals surface area contributed by atoms with Gasteiger partial charge in [0.25, 0.3) is 0 Å². The summed E-state index contributed by atoms with van der Waals surface area (Å²) in [4.78, 5) is 36.6.